The fraction of sp³-hybridized carbons (Fsp3) is 0.652. The number of rotatable bonds is 14. The van der Waals surface area contributed by atoms with E-state index in [1.807, 2.05) is 13.8 Å². The van der Waals surface area contributed by atoms with E-state index in [0.29, 0.717) is 36.6 Å². The summed E-state index contributed by atoms with van der Waals surface area (Å²) in [6.07, 6.45) is 5.24. The van der Waals surface area contributed by atoms with E-state index in [2.05, 4.69) is 19.2 Å². The second-order valence-corrected chi connectivity index (χ2v) is 7.27. The number of unbranched alkanes of at least 4 members (excludes halogenated alkanes) is 2. The zero-order chi connectivity index (χ0) is 21.7. The summed E-state index contributed by atoms with van der Waals surface area (Å²) in [5, 5.41) is 2.90. The van der Waals surface area contributed by atoms with Crippen molar-refractivity contribution >= 4 is 17.6 Å². The Morgan fingerprint density at radius 1 is 1.00 bits per heavy atom. The second kappa shape index (κ2) is 13.2. The van der Waals surface area contributed by atoms with Crippen molar-refractivity contribution in [2.24, 2.45) is 0 Å². The normalized spacial score (nSPS) is 12.9. The van der Waals surface area contributed by atoms with Gasteiger partial charge < -0.3 is 19.5 Å². The van der Waals surface area contributed by atoms with Gasteiger partial charge in [0.25, 0.3) is 5.91 Å². The minimum absolute atomic E-state index is 0.214. The van der Waals surface area contributed by atoms with Crippen LogP contribution in [0.25, 0.3) is 0 Å². The molecule has 164 valence electrons. The average molecular weight is 408 g/mol. The molecule has 0 aliphatic carbocycles. The number of nitrogens with one attached hydrogen (secondary N) is 1. The number of carbonyl (C=O) groups excluding carboxylic acids is 2. The Morgan fingerprint density at radius 3 is 2.34 bits per heavy atom. The first-order valence-corrected chi connectivity index (χ1v) is 10.8. The lowest BCUT2D eigenvalue weighted by Crippen LogP contribution is -2.43. The topological polar surface area (TPSA) is 73.9 Å². The molecule has 1 atom stereocenters. The molecule has 0 aromatic heterocycles. The van der Waals surface area contributed by atoms with Crippen molar-refractivity contribution in [3.8, 4) is 5.75 Å². The van der Waals surface area contributed by atoms with Crippen LogP contribution in [0.5, 0.6) is 5.75 Å². The van der Waals surface area contributed by atoms with E-state index < -0.39 is 11.6 Å². The molecule has 1 aromatic rings. The first-order valence-electron chi connectivity index (χ1n) is 10.8. The molecule has 0 fully saturated rings. The number of hydrogen-bond donors (Lipinski definition) is 1. The molecule has 0 saturated heterocycles. The largest absolute Gasteiger partial charge is 0.493 e. The van der Waals surface area contributed by atoms with Crippen LogP contribution >= 0.6 is 0 Å². The fourth-order valence-corrected chi connectivity index (χ4v) is 2.78. The summed E-state index contributed by atoms with van der Waals surface area (Å²) in [6.45, 7) is 11.1. The highest BCUT2D eigenvalue weighted by Gasteiger charge is 2.33. The summed E-state index contributed by atoms with van der Waals surface area (Å²) in [4.78, 5) is 25.3. The van der Waals surface area contributed by atoms with Crippen LogP contribution in [0.1, 0.15) is 83.5 Å². The van der Waals surface area contributed by atoms with E-state index in [0.717, 1.165) is 32.1 Å². The summed E-state index contributed by atoms with van der Waals surface area (Å²) in [5.74, 6) is -0.217. The van der Waals surface area contributed by atoms with Crippen LogP contribution in [-0.4, -0.2) is 37.3 Å². The van der Waals surface area contributed by atoms with Crippen LogP contribution in [0.2, 0.25) is 0 Å². The number of benzene rings is 1. The third kappa shape index (κ3) is 8.05. The van der Waals surface area contributed by atoms with Crippen molar-refractivity contribution in [2.75, 3.05) is 25.1 Å². The van der Waals surface area contributed by atoms with Crippen molar-refractivity contribution in [1.29, 1.82) is 0 Å². The summed E-state index contributed by atoms with van der Waals surface area (Å²) in [6, 6.07) is 5.05. The van der Waals surface area contributed by atoms with Gasteiger partial charge in [-0.25, -0.2) is 4.79 Å². The minimum atomic E-state index is -0.910. The average Bonchev–Trinajstić information content (AvgIpc) is 2.71. The van der Waals surface area contributed by atoms with Crippen molar-refractivity contribution in [3.05, 3.63) is 23.8 Å². The lowest BCUT2D eigenvalue weighted by atomic mass is 9.97. The predicted octanol–water partition coefficient (Wildman–Crippen LogP) is 5.36. The van der Waals surface area contributed by atoms with E-state index in [1.165, 1.54) is 0 Å². The number of amides is 1. The molecule has 29 heavy (non-hydrogen) atoms. The lowest BCUT2D eigenvalue weighted by molar-refractivity contribution is -0.140. The molecule has 0 radical (unpaired) electrons. The van der Waals surface area contributed by atoms with Gasteiger partial charge in [-0.3, -0.25) is 4.79 Å². The number of hydrogen-bond acceptors (Lipinski definition) is 5. The SMILES string of the molecule is CCCCOc1ccc(NC(=O)[C@@](C)(CCCC)OCCC)cc1C(=O)OCC. The molecule has 1 rings (SSSR count). The van der Waals surface area contributed by atoms with Gasteiger partial charge in [-0.15, -0.1) is 0 Å². The molecule has 1 N–H and O–H groups in total. The molecule has 1 amide bonds. The maximum absolute atomic E-state index is 13.0. The Balaban J connectivity index is 3.04. The lowest BCUT2D eigenvalue weighted by Gasteiger charge is -2.28. The number of ether oxygens (including phenoxy) is 3. The summed E-state index contributed by atoms with van der Waals surface area (Å²) in [5.41, 5.74) is -0.0823. The van der Waals surface area contributed by atoms with Crippen molar-refractivity contribution in [3.63, 3.8) is 0 Å². The molecule has 6 heteroatoms. The maximum atomic E-state index is 13.0. The van der Waals surface area contributed by atoms with Crippen molar-refractivity contribution < 1.29 is 23.8 Å². The number of anilines is 1. The third-order valence-electron chi connectivity index (χ3n) is 4.60. The predicted molar refractivity (Wildman–Crippen MR) is 116 cm³/mol. The van der Waals surface area contributed by atoms with E-state index in [1.54, 1.807) is 25.1 Å². The zero-order valence-electron chi connectivity index (χ0n) is 18.6. The van der Waals surface area contributed by atoms with Crippen LogP contribution in [0.3, 0.4) is 0 Å². The van der Waals surface area contributed by atoms with E-state index in [9.17, 15) is 9.59 Å². The van der Waals surface area contributed by atoms with Gasteiger partial charge in [-0.05, 0) is 51.3 Å². The molecule has 6 nitrogen and oxygen atoms in total. The van der Waals surface area contributed by atoms with Gasteiger partial charge in [0.15, 0.2) is 0 Å². The minimum Gasteiger partial charge on any atom is -0.493 e. The van der Waals surface area contributed by atoms with Gasteiger partial charge in [0, 0.05) is 12.3 Å². The highest BCUT2D eigenvalue weighted by molar-refractivity contribution is 5.99. The molecule has 0 bridgehead atoms. The Morgan fingerprint density at radius 2 is 1.72 bits per heavy atom. The van der Waals surface area contributed by atoms with Gasteiger partial charge >= 0.3 is 5.97 Å². The Labute approximate surface area is 175 Å². The van der Waals surface area contributed by atoms with Crippen LogP contribution < -0.4 is 10.1 Å². The molecule has 0 saturated carbocycles. The quantitative estimate of drug-likeness (QED) is 0.332. The third-order valence-corrected chi connectivity index (χ3v) is 4.60. The molecular weight excluding hydrogens is 370 g/mol. The van der Waals surface area contributed by atoms with Crippen molar-refractivity contribution in [2.45, 2.75) is 78.7 Å². The van der Waals surface area contributed by atoms with E-state index >= 15 is 0 Å². The van der Waals surface area contributed by atoms with Gasteiger partial charge in [0.1, 0.15) is 16.9 Å². The van der Waals surface area contributed by atoms with Crippen LogP contribution in [-0.2, 0) is 14.3 Å². The Kier molecular flexibility index (Phi) is 11.4. The Bertz CT molecular complexity index is 636. The standard InChI is InChI=1S/C23H37NO5/c1-6-10-14-23(5,29-15-8-3)22(26)24-18-12-13-20(28-16-11-7-2)19(17-18)21(25)27-9-4/h12-13,17H,6-11,14-16H2,1-5H3,(H,24,26)/t23-/m1/s1. The molecule has 0 aliphatic heterocycles. The highest BCUT2D eigenvalue weighted by Crippen LogP contribution is 2.27. The van der Waals surface area contributed by atoms with Crippen LogP contribution in [0, 0.1) is 0 Å². The van der Waals surface area contributed by atoms with Gasteiger partial charge in [-0.2, -0.15) is 0 Å². The summed E-state index contributed by atoms with van der Waals surface area (Å²) < 4.78 is 16.8. The maximum Gasteiger partial charge on any atom is 0.341 e. The number of carbonyl (C=O) groups is 2. The van der Waals surface area contributed by atoms with Crippen LogP contribution in [0.15, 0.2) is 18.2 Å². The molecular formula is C23H37NO5. The molecule has 0 aliphatic rings. The summed E-state index contributed by atoms with van der Waals surface area (Å²) >= 11 is 0. The van der Waals surface area contributed by atoms with Gasteiger partial charge in [0.05, 0.1) is 13.2 Å². The summed E-state index contributed by atoms with van der Waals surface area (Å²) in [7, 11) is 0. The number of esters is 1. The molecule has 0 spiro atoms. The van der Waals surface area contributed by atoms with Gasteiger partial charge in [0.2, 0.25) is 0 Å². The monoisotopic (exact) mass is 407 g/mol. The first kappa shape index (κ1) is 25.0. The molecule has 0 unspecified atom stereocenters. The van der Waals surface area contributed by atoms with E-state index in [-0.39, 0.29) is 12.5 Å². The zero-order valence-corrected chi connectivity index (χ0v) is 18.6. The first-order chi connectivity index (χ1) is 13.9. The fourth-order valence-electron chi connectivity index (χ4n) is 2.78. The van der Waals surface area contributed by atoms with Crippen LogP contribution in [0.4, 0.5) is 5.69 Å². The van der Waals surface area contributed by atoms with Gasteiger partial charge in [-0.1, -0.05) is 40.0 Å². The second-order valence-electron chi connectivity index (χ2n) is 7.27. The van der Waals surface area contributed by atoms with Crippen molar-refractivity contribution in [1.82, 2.24) is 0 Å². The molecule has 0 heterocycles. The highest BCUT2D eigenvalue weighted by atomic mass is 16.5. The molecule has 1 aromatic carbocycles. The Hall–Kier alpha value is -2.08. The van der Waals surface area contributed by atoms with E-state index in [4.69, 9.17) is 14.2 Å². The smallest absolute Gasteiger partial charge is 0.341 e.